The van der Waals surface area contributed by atoms with Crippen molar-refractivity contribution in [3.63, 3.8) is 0 Å². The Bertz CT molecular complexity index is 2580. The first-order chi connectivity index (χ1) is 23.8. The molecule has 0 aliphatic carbocycles. The monoisotopic (exact) mass is 609 g/mol. The first-order valence-corrected chi connectivity index (χ1v) is 16.3. The van der Waals surface area contributed by atoms with Crippen molar-refractivity contribution in [2.45, 2.75) is 0 Å². The van der Waals surface area contributed by atoms with Gasteiger partial charge >= 0.3 is 0 Å². The Morgan fingerprint density at radius 1 is 0.229 bits per heavy atom. The number of rotatable bonds is 3. The van der Waals surface area contributed by atoms with E-state index in [1.807, 2.05) is 0 Å². The molecule has 48 heavy (non-hydrogen) atoms. The van der Waals surface area contributed by atoms with E-state index in [1.54, 1.807) is 0 Å². The zero-order valence-electron chi connectivity index (χ0n) is 25.9. The van der Waals surface area contributed by atoms with Gasteiger partial charge in [0.05, 0.1) is 0 Å². The van der Waals surface area contributed by atoms with Crippen LogP contribution in [0.1, 0.15) is 0 Å². The smallest absolute Gasteiger partial charge is 0.164 e. The average Bonchev–Trinajstić information content (AvgIpc) is 3.16. The summed E-state index contributed by atoms with van der Waals surface area (Å²) in [6.45, 7) is 0. The predicted octanol–water partition coefficient (Wildman–Crippen LogP) is 11.8. The Kier molecular flexibility index (Phi) is 5.87. The summed E-state index contributed by atoms with van der Waals surface area (Å²) in [5.74, 6) is 1.98. The van der Waals surface area contributed by atoms with Crippen molar-refractivity contribution >= 4 is 64.6 Å². The van der Waals surface area contributed by atoms with Crippen LogP contribution in [-0.4, -0.2) is 15.0 Å². The summed E-state index contributed by atoms with van der Waals surface area (Å²) >= 11 is 0. The molecule has 1 heterocycles. The lowest BCUT2D eigenvalue weighted by molar-refractivity contribution is 1.08. The maximum Gasteiger partial charge on any atom is 0.164 e. The molecule has 3 heteroatoms. The van der Waals surface area contributed by atoms with Gasteiger partial charge in [-0.15, -0.1) is 0 Å². The molecule has 10 rings (SSSR count). The van der Waals surface area contributed by atoms with E-state index in [0.717, 1.165) is 49.0 Å². The molecule has 0 amide bonds. The van der Waals surface area contributed by atoms with E-state index in [1.165, 1.54) is 32.3 Å². The minimum absolute atomic E-state index is 0.659. The van der Waals surface area contributed by atoms with Crippen molar-refractivity contribution in [3.8, 4) is 34.2 Å². The van der Waals surface area contributed by atoms with Crippen LogP contribution in [0.25, 0.3) is 98.8 Å². The SMILES string of the molecule is c1ccc2c(c1)cc(-c1nc(-c3cc4ccccc4c4ccccc34)nc(-c3cc4ccccc4c4ccccc34)n1)c1ccccc12. The van der Waals surface area contributed by atoms with Crippen molar-refractivity contribution < 1.29 is 0 Å². The summed E-state index contributed by atoms with van der Waals surface area (Å²) in [4.78, 5) is 16.0. The molecule has 0 fully saturated rings. The van der Waals surface area contributed by atoms with Crippen molar-refractivity contribution in [3.05, 3.63) is 164 Å². The zero-order chi connectivity index (χ0) is 31.6. The number of nitrogens with zero attached hydrogens (tertiary/aromatic N) is 3. The molecule has 0 radical (unpaired) electrons. The van der Waals surface area contributed by atoms with Gasteiger partial charge in [0.2, 0.25) is 0 Å². The highest BCUT2D eigenvalue weighted by Crippen LogP contribution is 2.39. The van der Waals surface area contributed by atoms with Crippen LogP contribution in [0, 0.1) is 0 Å². The topological polar surface area (TPSA) is 38.7 Å². The standard InChI is InChI=1S/C45H27N3/c1-4-16-31-28(13-1)25-40(37-22-10-7-19-34(31)37)43-46-44(41-26-29-14-2-5-17-32(29)35-20-8-11-23-38(35)41)48-45(47-43)42-27-30-15-3-6-18-33(30)36-21-9-12-24-39(36)42/h1-27H. The Labute approximate surface area is 276 Å². The molecule has 0 aliphatic rings. The Hall–Kier alpha value is -6.45. The number of benzene rings is 9. The highest BCUT2D eigenvalue weighted by molar-refractivity contribution is 6.16. The van der Waals surface area contributed by atoms with Gasteiger partial charge in [-0.1, -0.05) is 146 Å². The van der Waals surface area contributed by atoms with Crippen molar-refractivity contribution in [2.75, 3.05) is 0 Å². The summed E-state index contributed by atoms with van der Waals surface area (Å²) in [6, 6.07) is 58.0. The molecule has 222 valence electrons. The Morgan fingerprint density at radius 2 is 0.458 bits per heavy atom. The van der Waals surface area contributed by atoms with Crippen molar-refractivity contribution in [2.24, 2.45) is 0 Å². The first kappa shape index (κ1) is 26.7. The van der Waals surface area contributed by atoms with E-state index in [9.17, 15) is 0 Å². The zero-order valence-corrected chi connectivity index (χ0v) is 25.9. The molecule has 1 aromatic heterocycles. The van der Waals surface area contributed by atoms with Gasteiger partial charge in [0, 0.05) is 16.7 Å². The number of hydrogen-bond donors (Lipinski definition) is 0. The van der Waals surface area contributed by atoms with Crippen LogP contribution in [0.5, 0.6) is 0 Å². The minimum Gasteiger partial charge on any atom is -0.208 e. The minimum atomic E-state index is 0.659. The van der Waals surface area contributed by atoms with Gasteiger partial charge in [-0.25, -0.2) is 15.0 Å². The number of fused-ring (bicyclic) bond motifs is 9. The average molecular weight is 610 g/mol. The molecule has 0 aliphatic heterocycles. The quantitative estimate of drug-likeness (QED) is 0.187. The Balaban J connectivity index is 1.34. The fraction of sp³-hybridized carbons (Fsp3) is 0. The molecule has 0 N–H and O–H groups in total. The fourth-order valence-electron chi connectivity index (χ4n) is 7.46. The second-order valence-corrected chi connectivity index (χ2v) is 12.4. The first-order valence-electron chi connectivity index (χ1n) is 16.3. The maximum atomic E-state index is 5.33. The van der Waals surface area contributed by atoms with Crippen LogP contribution in [-0.2, 0) is 0 Å². The molecule has 3 nitrogen and oxygen atoms in total. The molecular formula is C45H27N3. The summed E-state index contributed by atoms with van der Waals surface area (Å²) in [6.07, 6.45) is 0. The molecule has 9 aromatic carbocycles. The van der Waals surface area contributed by atoms with E-state index < -0.39 is 0 Å². The summed E-state index contributed by atoms with van der Waals surface area (Å²) in [7, 11) is 0. The normalized spacial score (nSPS) is 11.8. The summed E-state index contributed by atoms with van der Waals surface area (Å²) in [5, 5.41) is 14.0. The van der Waals surface area contributed by atoms with E-state index in [-0.39, 0.29) is 0 Å². The molecule has 0 spiro atoms. The predicted molar refractivity (Wildman–Crippen MR) is 201 cm³/mol. The third-order valence-electron chi connectivity index (χ3n) is 9.66. The Morgan fingerprint density at radius 3 is 0.750 bits per heavy atom. The second-order valence-electron chi connectivity index (χ2n) is 12.4. The highest BCUT2D eigenvalue weighted by atomic mass is 15.0. The van der Waals surface area contributed by atoms with E-state index in [2.05, 4.69) is 164 Å². The molecule has 0 atom stereocenters. The van der Waals surface area contributed by atoms with Gasteiger partial charge in [0.1, 0.15) is 0 Å². The van der Waals surface area contributed by atoms with Crippen LogP contribution in [0.2, 0.25) is 0 Å². The van der Waals surface area contributed by atoms with Crippen LogP contribution >= 0.6 is 0 Å². The molecule has 0 saturated carbocycles. The summed E-state index contributed by atoms with van der Waals surface area (Å²) < 4.78 is 0. The van der Waals surface area contributed by atoms with Crippen LogP contribution in [0.15, 0.2) is 164 Å². The molecular weight excluding hydrogens is 583 g/mol. The van der Waals surface area contributed by atoms with Gasteiger partial charge in [-0.2, -0.15) is 0 Å². The second kappa shape index (κ2) is 10.5. The molecule has 10 aromatic rings. The lowest BCUT2D eigenvalue weighted by atomic mass is 9.95. The third kappa shape index (κ3) is 4.11. The molecule has 0 unspecified atom stereocenters. The molecule has 0 bridgehead atoms. The van der Waals surface area contributed by atoms with Crippen LogP contribution in [0.4, 0.5) is 0 Å². The van der Waals surface area contributed by atoms with Crippen LogP contribution < -0.4 is 0 Å². The maximum absolute atomic E-state index is 5.33. The van der Waals surface area contributed by atoms with Gasteiger partial charge in [-0.05, 0) is 82.8 Å². The fourth-order valence-corrected chi connectivity index (χ4v) is 7.46. The van der Waals surface area contributed by atoms with Crippen molar-refractivity contribution in [1.82, 2.24) is 15.0 Å². The van der Waals surface area contributed by atoms with Gasteiger partial charge in [0.15, 0.2) is 17.5 Å². The third-order valence-corrected chi connectivity index (χ3v) is 9.66. The lowest BCUT2D eigenvalue weighted by Gasteiger charge is -2.15. The number of hydrogen-bond acceptors (Lipinski definition) is 3. The summed E-state index contributed by atoms with van der Waals surface area (Å²) in [5.41, 5.74) is 2.97. The van der Waals surface area contributed by atoms with Gasteiger partial charge in [-0.3, -0.25) is 0 Å². The highest BCUT2D eigenvalue weighted by Gasteiger charge is 2.19. The lowest BCUT2D eigenvalue weighted by Crippen LogP contribution is -2.02. The van der Waals surface area contributed by atoms with E-state index in [4.69, 9.17) is 15.0 Å². The molecule has 0 saturated heterocycles. The van der Waals surface area contributed by atoms with Crippen LogP contribution in [0.3, 0.4) is 0 Å². The number of aromatic nitrogens is 3. The van der Waals surface area contributed by atoms with Gasteiger partial charge in [0.25, 0.3) is 0 Å². The van der Waals surface area contributed by atoms with E-state index >= 15 is 0 Å². The van der Waals surface area contributed by atoms with Gasteiger partial charge < -0.3 is 0 Å². The van der Waals surface area contributed by atoms with Crippen molar-refractivity contribution in [1.29, 1.82) is 0 Å². The largest absolute Gasteiger partial charge is 0.208 e. The van der Waals surface area contributed by atoms with E-state index in [0.29, 0.717) is 17.5 Å².